The lowest BCUT2D eigenvalue weighted by Crippen LogP contribution is -2.46. The first kappa shape index (κ1) is 16.5. The van der Waals surface area contributed by atoms with Gasteiger partial charge < -0.3 is 5.21 Å². The monoisotopic (exact) mass is 348 g/mol. The SMILES string of the molecule is CC1(c2ccccc2)CC(/C(CN2C(=O)c3ccccc3C2=O)=N/O)C1. The number of fused-ring (bicyclic) bond motifs is 1. The molecule has 0 aromatic heterocycles. The lowest BCUT2D eigenvalue weighted by Gasteiger charge is -2.46. The maximum atomic E-state index is 12.5. The Morgan fingerprint density at radius 2 is 1.58 bits per heavy atom. The molecule has 2 aromatic carbocycles. The van der Waals surface area contributed by atoms with E-state index in [0.29, 0.717) is 16.8 Å². The number of hydrogen-bond acceptors (Lipinski definition) is 4. The van der Waals surface area contributed by atoms with Gasteiger partial charge >= 0.3 is 0 Å². The second kappa shape index (κ2) is 6.09. The Morgan fingerprint density at radius 3 is 2.12 bits per heavy atom. The third-order valence-electron chi connectivity index (χ3n) is 5.66. The van der Waals surface area contributed by atoms with Crippen molar-refractivity contribution in [2.24, 2.45) is 11.1 Å². The zero-order chi connectivity index (χ0) is 18.3. The van der Waals surface area contributed by atoms with Crippen LogP contribution in [0.3, 0.4) is 0 Å². The maximum absolute atomic E-state index is 12.5. The maximum Gasteiger partial charge on any atom is 0.261 e. The van der Waals surface area contributed by atoms with Crippen molar-refractivity contribution < 1.29 is 14.8 Å². The second-order valence-corrected chi connectivity index (χ2v) is 7.37. The summed E-state index contributed by atoms with van der Waals surface area (Å²) in [7, 11) is 0. The van der Waals surface area contributed by atoms with E-state index in [-0.39, 0.29) is 29.7 Å². The predicted octanol–water partition coefficient (Wildman–Crippen LogP) is 3.48. The van der Waals surface area contributed by atoms with Gasteiger partial charge in [-0.2, -0.15) is 0 Å². The summed E-state index contributed by atoms with van der Waals surface area (Å²) in [6, 6.07) is 17.0. The van der Waals surface area contributed by atoms with E-state index >= 15 is 0 Å². The van der Waals surface area contributed by atoms with Gasteiger partial charge in [-0.05, 0) is 36.0 Å². The molecule has 4 rings (SSSR count). The van der Waals surface area contributed by atoms with Crippen molar-refractivity contribution >= 4 is 17.5 Å². The van der Waals surface area contributed by atoms with Crippen molar-refractivity contribution in [1.29, 1.82) is 0 Å². The predicted molar refractivity (Wildman–Crippen MR) is 97.5 cm³/mol. The van der Waals surface area contributed by atoms with Crippen LogP contribution in [0.5, 0.6) is 0 Å². The molecule has 5 nitrogen and oxygen atoms in total. The Labute approximate surface area is 151 Å². The minimum atomic E-state index is -0.322. The molecule has 26 heavy (non-hydrogen) atoms. The molecule has 1 aliphatic heterocycles. The Bertz CT molecular complexity index is 863. The fourth-order valence-corrected chi connectivity index (χ4v) is 4.13. The molecular formula is C21H20N2O3. The van der Waals surface area contributed by atoms with Crippen LogP contribution in [0.25, 0.3) is 0 Å². The summed E-state index contributed by atoms with van der Waals surface area (Å²) in [6.45, 7) is 2.23. The molecule has 5 heteroatoms. The van der Waals surface area contributed by atoms with E-state index in [0.717, 1.165) is 12.8 Å². The highest BCUT2D eigenvalue weighted by atomic mass is 16.4. The number of oxime groups is 1. The summed E-state index contributed by atoms with van der Waals surface area (Å²) in [6.07, 6.45) is 1.67. The van der Waals surface area contributed by atoms with E-state index in [2.05, 4.69) is 24.2 Å². The van der Waals surface area contributed by atoms with Crippen LogP contribution in [0.4, 0.5) is 0 Å². The fourth-order valence-electron chi connectivity index (χ4n) is 4.13. The van der Waals surface area contributed by atoms with Gasteiger partial charge in [0.25, 0.3) is 11.8 Å². The largest absolute Gasteiger partial charge is 0.411 e. The van der Waals surface area contributed by atoms with E-state index in [1.54, 1.807) is 24.3 Å². The number of carbonyl (C=O) groups is 2. The van der Waals surface area contributed by atoms with Crippen LogP contribution in [-0.2, 0) is 5.41 Å². The van der Waals surface area contributed by atoms with Gasteiger partial charge in [-0.25, -0.2) is 0 Å². The van der Waals surface area contributed by atoms with Crippen molar-refractivity contribution in [2.45, 2.75) is 25.2 Å². The van der Waals surface area contributed by atoms with Crippen molar-refractivity contribution in [1.82, 2.24) is 4.90 Å². The third kappa shape index (κ3) is 2.51. The number of amides is 2. The first-order chi connectivity index (χ1) is 12.5. The van der Waals surface area contributed by atoms with Crippen LogP contribution in [0, 0.1) is 5.92 Å². The zero-order valence-electron chi connectivity index (χ0n) is 14.6. The second-order valence-electron chi connectivity index (χ2n) is 7.37. The highest BCUT2D eigenvalue weighted by Crippen LogP contribution is 2.48. The minimum Gasteiger partial charge on any atom is -0.411 e. The van der Waals surface area contributed by atoms with Crippen LogP contribution >= 0.6 is 0 Å². The summed E-state index contributed by atoms with van der Waals surface area (Å²) in [5.74, 6) is -0.580. The van der Waals surface area contributed by atoms with Crippen LogP contribution < -0.4 is 0 Å². The molecule has 2 aromatic rings. The summed E-state index contributed by atoms with van der Waals surface area (Å²) >= 11 is 0. The lowest BCUT2D eigenvalue weighted by atomic mass is 9.58. The van der Waals surface area contributed by atoms with Gasteiger partial charge in [0, 0.05) is 5.92 Å². The Balaban J connectivity index is 1.48. The highest BCUT2D eigenvalue weighted by Gasteiger charge is 2.45. The van der Waals surface area contributed by atoms with Crippen LogP contribution in [0.2, 0.25) is 0 Å². The van der Waals surface area contributed by atoms with Gasteiger partial charge in [0.1, 0.15) is 0 Å². The summed E-state index contributed by atoms with van der Waals surface area (Å²) in [5.41, 5.74) is 2.61. The van der Waals surface area contributed by atoms with Crippen LogP contribution in [0.15, 0.2) is 59.8 Å². The topological polar surface area (TPSA) is 70.0 Å². The Kier molecular flexibility index (Phi) is 3.87. The van der Waals surface area contributed by atoms with Gasteiger partial charge in [0.05, 0.1) is 23.4 Å². The van der Waals surface area contributed by atoms with E-state index < -0.39 is 0 Å². The molecule has 2 amide bonds. The molecule has 1 N–H and O–H groups in total. The van der Waals surface area contributed by atoms with Gasteiger partial charge in [-0.3, -0.25) is 14.5 Å². The van der Waals surface area contributed by atoms with Gasteiger partial charge in [0.2, 0.25) is 0 Å². The summed E-state index contributed by atoms with van der Waals surface area (Å²) < 4.78 is 0. The third-order valence-corrected chi connectivity index (χ3v) is 5.66. The number of rotatable bonds is 4. The van der Waals surface area contributed by atoms with E-state index in [1.807, 2.05) is 18.2 Å². The van der Waals surface area contributed by atoms with Gasteiger partial charge in [-0.1, -0.05) is 54.5 Å². The van der Waals surface area contributed by atoms with E-state index in [9.17, 15) is 14.8 Å². The van der Waals surface area contributed by atoms with Crippen molar-refractivity contribution in [3.8, 4) is 0 Å². The van der Waals surface area contributed by atoms with Crippen molar-refractivity contribution in [3.63, 3.8) is 0 Å². The number of carbonyl (C=O) groups excluding carboxylic acids is 2. The molecule has 1 heterocycles. The average Bonchev–Trinajstić information content (AvgIpc) is 2.89. The first-order valence-corrected chi connectivity index (χ1v) is 8.75. The standard InChI is InChI=1S/C21H20N2O3/c1-21(15-7-3-2-4-8-15)11-14(12-21)18(22-26)13-23-19(24)16-9-5-6-10-17(16)20(23)25/h2-10,14,26H,11-13H2,1H3/b22-18+. The Morgan fingerprint density at radius 1 is 1.04 bits per heavy atom. The number of nitrogens with zero attached hydrogens (tertiary/aromatic N) is 2. The smallest absolute Gasteiger partial charge is 0.261 e. The number of hydrogen-bond donors (Lipinski definition) is 1. The van der Waals surface area contributed by atoms with E-state index in [1.165, 1.54) is 10.5 Å². The number of imide groups is 1. The molecule has 0 unspecified atom stereocenters. The molecule has 0 bridgehead atoms. The molecular weight excluding hydrogens is 328 g/mol. The Hall–Kier alpha value is -2.95. The molecule has 2 aliphatic rings. The number of benzene rings is 2. The van der Waals surface area contributed by atoms with Crippen molar-refractivity contribution in [2.75, 3.05) is 6.54 Å². The molecule has 0 saturated heterocycles. The van der Waals surface area contributed by atoms with Gasteiger partial charge in [0.15, 0.2) is 0 Å². The molecule has 0 atom stereocenters. The van der Waals surface area contributed by atoms with Crippen molar-refractivity contribution in [3.05, 3.63) is 71.3 Å². The molecule has 132 valence electrons. The van der Waals surface area contributed by atoms with Crippen LogP contribution in [-0.4, -0.2) is 34.2 Å². The molecule has 0 radical (unpaired) electrons. The highest BCUT2D eigenvalue weighted by molar-refractivity contribution is 6.22. The molecule has 1 aliphatic carbocycles. The normalized spacial score (nSPS) is 25.2. The quantitative estimate of drug-likeness (QED) is 0.398. The van der Waals surface area contributed by atoms with E-state index in [4.69, 9.17) is 0 Å². The van der Waals surface area contributed by atoms with Gasteiger partial charge in [-0.15, -0.1) is 0 Å². The lowest BCUT2D eigenvalue weighted by molar-refractivity contribution is 0.0672. The minimum absolute atomic E-state index is 0.0316. The average molecular weight is 348 g/mol. The summed E-state index contributed by atoms with van der Waals surface area (Å²) in [4.78, 5) is 26.2. The molecule has 1 saturated carbocycles. The summed E-state index contributed by atoms with van der Waals surface area (Å²) in [5, 5.41) is 12.9. The molecule has 1 fully saturated rings. The zero-order valence-corrected chi connectivity index (χ0v) is 14.6. The first-order valence-electron chi connectivity index (χ1n) is 8.75. The molecule has 0 spiro atoms. The fraction of sp³-hybridized carbons (Fsp3) is 0.286. The van der Waals surface area contributed by atoms with Crippen LogP contribution in [0.1, 0.15) is 46.0 Å².